The highest BCUT2D eigenvalue weighted by Gasteiger charge is 1.99. The first-order chi connectivity index (χ1) is 12.3. The smallest absolute Gasteiger partial charge is 0.122 e. The molecule has 5 nitrogen and oxygen atoms in total. The van der Waals surface area contributed by atoms with Crippen LogP contribution in [0.3, 0.4) is 0 Å². The molecular formula is C20H26N4O. The van der Waals surface area contributed by atoms with E-state index < -0.39 is 0 Å². The minimum Gasteiger partial charge on any atom is -0.493 e. The Morgan fingerprint density at radius 3 is 2.72 bits per heavy atom. The first-order valence-electron chi connectivity index (χ1n) is 8.68. The topological polar surface area (TPSA) is 72.9 Å². The Bertz CT molecular complexity index is 683. The third-order valence-corrected chi connectivity index (χ3v) is 3.84. The molecular weight excluding hydrogens is 312 g/mol. The Hall–Kier alpha value is -2.69. The van der Waals surface area contributed by atoms with E-state index in [4.69, 9.17) is 10.6 Å². The number of aliphatic imine (C=N–C) groups is 1. The van der Waals surface area contributed by atoms with Gasteiger partial charge in [0.1, 0.15) is 11.5 Å². The van der Waals surface area contributed by atoms with E-state index in [9.17, 15) is 0 Å². The lowest BCUT2D eigenvalue weighted by molar-refractivity contribution is 0.303. The van der Waals surface area contributed by atoms with E-state index in [1.807, 2.05) is 30.3 Å². The molecule has 0 aliphatic heterocycles. The number of hydrogen-bond acceptors (Lipinski definition) is 5. The summed E-state index contributed by atoms with van der Waals surface area (Å²) in [5, 5.41) is 3.76. The summed E-state index contributed by atoms with van der Waals surface area (Å²) in [5.41, 5.74) is 2.71. The molecule has 0 unspecified atom stereocenters. The molecule has 0 saturated carbocycles. The number of aromatic nitrogens is 1. The highest BCUT2D eigenvalue weighted by Crippen LogP contribution is 2.16. The first kappa shape index (κ1) is 18.6. The van der Waals surface area contributed by atoms with E-state index in [1.54, 1.807) is 18.6 Å². The molecule has 0 saturated heterocycles. The van der Waals surface area contributed by atoms with Gasteiger partial charge in [-0.3, -0.25) is 9.98 Å². The number of benzene rings is 1. The van der Waals surface area contributed by atoms with Crippen molar-refractivity contribution >= 4 is 11.9 Å². The van der Waals surface area contributed by atoms with Crippen LogP contribution in [0.25, 0.3) is 0 Å². The second-order valence-corrected chi connectivity index (χ2v) is 5.82. The second-order valence-electron chi connectivity index (χ2n) is 5.82. The molecule has 0 amide bonds. The highest BCUT2D eigenvalue weighted by molar-refractivity contribution is 6.38. The van der Waals surface area contributed by atoms with Crippen LogP contribution in [0.5, 0.6) is 5.75 Å². The van der Waals surface area contributed by atoms with E-state index in [-0.39, 0.29) is 0 Å². The van der Waals surface area contributed by atoms with Crippen molar-refractivity contribution < 1.29 is 4.74 Å². The van der Waals surface area contributed by atoms with Gasteiger partial charge in [-0.25, -0.2) is 0 Å². The fourth-order valence-corrected chi connectivity index (χ4v) is 2.41. The normalized spacial score (nSPS) is 11.8. The molecule has 25 heavy (non-hydrogen) atoms. The van der Waals surface area contributed by atoms with E-state index in [1.165, 1.54) is 5.56 Å². The Kier molecular flexibility index (Phi) is 8.18. The van der Waals surface area contributed by atoms with Crippen molar-refractivity contribution in [3.05, 3.63) is 59.9 Å². The predicted molar refractivity (Wildman–Crippen MR) is 103 cm³/mol. The zero-order valence-electron chi connectivity index (χ0n) is 14.8. The second kappa shape index (κ2) is 11.0. The van der Waals surface area contributed by atoms with Crippen LogP contribution in [0.15, 0.2) is 58.9 Å². The van der Waals surface area contributed by atoms with E-state index in [2.05, 4.69) is 28.1 Å². The fourth-order valence-electron chi connectivity index (χ4n) is 2.41. The maximum absolute atomic E-state index is 5.79. The largest absolute Gasteiger partial charge is 0.493 e. The Morgan fingerprint density at radius 2 is 1.96 bits per heavy atom. The molecule has 2 rings (SSSR count). The standard InChI is InChI=1S/C20H26N4O/c1-17-9-4-5-11-20(17)25-14-7-3-2-6-12-23-16-19(24-21)18-10-8-13-22-15-18/h4-5,8-11,13,15-16H,2-3,6-7,12,14,21H2,1H3. The third-order valence-electron chi connectivity index (χ3n) is 3.84. The average molecular weight is 338 g/mol. The molecule has 0 aliphatic rings. The summed E-state index contributed by atoms with van der Waals surface area (Å²) in [6.45, 7) is 3.61. The van der Waals surface area contributed by atoms with Crippen LogP contribution in [0.1, 0.15) is 36.8 Å². The van der Waals surface area contributed by atoms with Gasteiger partial charge in [-0.2, -0.15) is 5.10 Å². The first-order valence-corrected chi connectivity index (χ1v) is 8.68. The summed E-state index contributed by atoms with van der Waals surface area (Å²) < 4.78 is 5.79. The maximum atomic E-state index is 5.79. The van der Waals surface area contributed by atoms with Crippen LogP contribution in [-0.2, 0) is 0 Å². The number of unbranched alkanes of at least 4 members (excludes halogenated alkanes) is 3. The van der Waals surface area contributed by atoms with Crippen molar-refractivity contribution in [2.24, 2.45) is 15.9 Å². The minimum atomic E-state index is 0.653. The van der Waals surface area contributed by atoms with Crippen LogP contribution < -0.4 is 10.6 Å². The molecule has 1 heterocycles. The van der Waals surface area contributed by atoms with Gasteiger partial charge in [0.2, 0.25) is 0 Å². The number of para-hydroxylation sites is 1. The molecule has 0 aliphatic carbocycles. The summed E-state index contributed by atoms with van der Waals surface area (Å²) in [6.07, 6.45) is 9.55. The quantitative estimate of drug-likeness (QED) is 0.310. The highest BCUT2D eigenvalue weighted by atomic mass is 16.5. The summed E-state index contributed by atoms with van der Waals surface area (Å²) in [5.74, 6) is 6.40. The number of rotatable bonds is 10. The van der Waals surface area contributed by atoms with Crippen molar-refractivity contribution in [1.82, 2.24) is 4.98 Å². The van der Waals surface area contributed by atoms with Gasteiger partial charge in [0.15, 0.2) is 0 Å². The zero-order chi connectivity index (χ0) is 17.7. The molecule has 1 aromatic heterocycles. The fraction of sp³-hybridized carbons (Fsp3) is 0.350. The maximum Gasteiger partial charge on any atom is 0.122 e. The van der Waals surface area contributed by atoms with Crippen LogP contribution >= 0.6 is 0 Å². The SMILES string of the molecule is Cc1ccccc1OCCCCCCN=CC(=NN)c1cccnc1. The number of ether oxygens (including phenoxy) is 1. The van der Waals surface area contributed by atoms with Gasteiger partial charge in [0.05, 0.1) is 6.61 Å². The molecule has 0 atom stereocenters. The lowest BCUT2D eigenvalue weighted by atomic mass is 10.2. The van der Waals surface area contributed by atoms with Gasteiger partial charge in [0, 0.05) is 30.7 Å². The molecule has 1 aromatic carbocycles. The van der Waals surface area contributed by atoms with E-state index >= 15 is 0 Å². The van der Waals surface area contributed by atoms with Crippen molar-refractivity contribution in [1.29, 1.82) is 0 Å². The number of aryl methyl sites for hydroxylation is 1. The summed E-state index contributed by atoms with van der Waals surface area (Å²) in [4.78, 5) is 8.46. The Morgan fingerprint density at radius 1 is 1.12 bits per heavy atom. The molecule has 0 bridgehead atoms. The van der Waals surface area contributed by atoms with Gasteiger partial charge >= 0.3 is 0 Å². The van der Waals surface area contributed by atoms with Crippen molar-refractivity contribution in [3.63, 3.8) is 0 Å². The molecule has 0 fully saturated rings. The van der Waals surface area contributed by atoms with Gasteiger partial charge in [-0.05, 0) is 49.9 Å². The summed E-state index contributed by atoms with van der Waals surface area (Å²) in [7, 11) is 0. The van der Waals surface area contributed by atoms with Crippen molar-refractivity contribution in [3.8, 4) is 5.75 Å². The number of hydrazone groups is 1. The van der Waals surface area contributed by atoms with Crippen LogP contribution in [0, 0.1) is 6.92 Å². The lowest BCUT2D eigenvalue weighted by Crippen LogP contribution is -2.06. The van der Waals surface area contributed by atoms with Crippen LogP contribution in [0.2, 0.25) is 0 Å². The molecule has 0 spiro atoms. The summed E-state index contributed by atoms with van der Waals surface area (Å²) >= 11 is 0. The number of nitrogens with zero attached hydrogens (tertiary/aromatic N) is 3. The monoisotopic (exact) mass is 338 g/mol. The Labute approximate surface area is 149 Å². The van der Waals surface area contributed by atoms with Gasteiger partial charge in [-0.15, -0.1) is 0 Å². The summed E-state index contributed by atoms with van der Waals surface area (Å²) in [6, 6.07) is 11.9. The van der Waals surface area contributed by atoms with Crippen LogP contribution in [-0.4, -0.2) is 30.1 Å². The Balaban J connectivity index is 1.57. The van der Waals surface area contributed by atoms with Crippen molar-refractivity contribution in [2.45, 2.75) is 32.6 Å². The van der Waals surface area contributed by atoms with Gasteiger partial charge < -0.3 is 10.6 Å². The molecule has 2 N–H and O–H groups in total. The number of nitrogens with two attached hydrogens (primary N) is 1. The third kappa shape index (κ3) is 6.75. The molecule has 5 heteroatoms. The van der Waals surface area contributed by atoms with E-state index in [0.717, 1.165) is 50.1 Å². The van der Waals surface area contributed by atoms with Gasteiger partial charge in [-0.1, -0.05) is 24.6 Å². The van der Waals surface area contributed by atoms with Gasteiger partial charge in [0.25, 0.3) is 0 Å². The molecule has 2 aromatic rings. The molecule has 132 valence electrons. The molecule has 0 radical (unpaired) electrons. The number of pyridine rings is 1. The van der Waals surface area contributed by atoms with E-state index in [0.29, 0.717) is 5.71 Å². The lowest BCUT2D eigenvalue weighted by Gasteiger charge is -2.08. The number of hydrogen-bond donors (Lipinski definition) is 1. The minimum absolute atomic E-state index is 0.653. The average Bonchev–Trinajstić information content (AvgIpc) is 2.65. The predicted octanol–water partition coefficient (Wildman–Crippen LogP) is 3.76. The zero-order valence-corrected chi connectivity index (χ0v) is 14.8. The van der Waals surface area contributed by atoms with Crippen LogP contribution in [0.4, 0.5) is 0 Å². The van der Waals surface area contributed by atoms with Crippen molar-refractivity contribution in [2.75, 3.05) is 13.2 Å².